The molecule has 5 rings (SSSR count). The number of benzene rings is 3. The van der Waals surface area contributed by atoms with Gasteiger partial charge in [-0.25, -0.2) is 4.98 Å². The molecule has 24 heavy (non-hydrogen) atoms. The van der Waals surface area contributed by atoms with Crippen LogP contribution in [0.4, 0.5) is 0 Å². The van der Waals surface area contributed by atoms with Crippen LogP contribution in [0.3, 0.4) is 0 Å². The van der Waals surface area contributed by atoms with Crippen LogP contribution in [-0.4, -0.2) is 9.97 Å². The van der Waals surface area contributed by atoms with Gasteiger partial charge < -0.3 is 4.98 Å². The van der Waals surface area contributed by atoms with Crippen molar-refractivity contribution in [1.82, 2.24) is 9.97 Å². The summed E-state index contributed by atoms with van der Waals surface area (Å²) >= 11 is 3.58. The minimum Gasteiger partial charge on any atom is -0.354 e. The van der Waals surface area contributed by atoms with Crippen LogP contribution in [0.25, 0.3) is 44.0 Å². The maximum absolute atomic E-state index is 5.00. The van der Waals surface area contributed by atoms with E-state index in [1.54, 1.807) is 0 Å². The van der Waals surface area contributed by atoms with Crippen LogP contribution < -0.4 is 0 Å². The average Bonchev–Trinajstić information content (AvgIpc) is 3.01. The number of pyridine rings is 1. The SMILES string of the molecule is Brc1cccc(-c2nc3ccccc3c3[nH]c4ccccc4c23)c1. The zero-order valence-corrected chi connectivity index (χ0v) is 14.3. The molecule has 3 aromatic carbocycles. The largest absolute Gasteiger partial charge is 0.354 e. The molecule has 2 nitrogen and oxygen atoms in total. The number of hydrogen-bond donors (Lipinski definition) is 1. The van der Waals surface area contributed by atoms with Crippen LogP contribution in [0.1, 0.15) is 0 Å². The van der Waals surface area contributed by atoms with E-state index in [1.165, 1.54) is 10.8 Å². The van der Waals surface area contributed by atoms with Gasteiger partial charge in [0.15, 0.2) is 0 Å². The summed E-state index contributed by atoms with van der Waals surface area (Å²) in [6, 6.07) is 25.0. The first-order valence-corrected chi connectivity index (χ1v) is 8.66. The van der Waals surface area contributed by atoms with Crippen molar-refractivity contribution < 1.29 is 0 Å². The third-order valence-electron chi connectivity index (χ3n) is 4.45. The Hall–Kier alpha value is -2.65. The van der Waals surface area contributed by atoms with Gasteiger partial charge in [-0.2, -0.15) is 0 Å². The zero-order chi connectivity index (χ0) is 16.1. The molecular formula is C21H13BrN2. The number of nitrogens with one attached hydrogen (secondary N) is 1. The van der Waals surface area contributed by atoms with Crippen molar-refractivity contribution in [3.05, 3.63) is 77.3 Å². The van der Waals surface area contributed by atoms with E-state index in [9.17, 15) is 0 Å². The van der Waals surface area contributed by atoms with Crippen molar-refractivity contribution in [3.63, 3.8) is 0 Å². The van der Waals surface area contributed by atoms with Crippen LogP contribution in [0.15, 0.2) is 77.3 Å². The first kappa shape index (κ1) is 13.8. The topological polar surface area (TPSA) is 28.7 Å². The number of nitrogens with zero attached hydrogens (tertiary/aromatic N) is 1. The third-order valence-corrected chi connectivity index (χ3v) is 4.94. The molecule has 0 radical (unpaired) electrons. The van der Waals surface area contributed by atoms with Crippen molar-refractivity contribution in [2.45, 2.75) is 0 Å². The summed E-state index contributed by atoms with van der Waals surface area (Å²) in [5, 5.41) is 3.55. The minimum atomic E-state index is 1.01. The molecule has 5 aromatic rings. The molecule has 0 saturated carbocycles. The molecule has 0 spiro atoms. The second-order valence-electron chi connectivity index (χ2n) is 5.91. The first-order valence-electron chi connectivity index (χ1n) is 7.86. The Balaban J connectivity index is 2.04. The molecule has 0 saturated heterocycles. The lowest BCUT2D eigenvalue weighted by molar-refractivity contribution is 1.42. The second-order valence-corrected chi connectivity index (χ2v) is 6.82. The maximum Gasteiger partial charge on any atom is 0.0810 e. The lowest BCUT2D eigenvalue weighted by Crippen LogP contribution is -1.88. The highest BCUT2D eigenvalue weighted by Crippen LogP contribution is 2.37. The first-order chi connectivity index (χ1) is 11.8. The number of halogens is 1. The highest BCUT2D eigenvalue weighted by Gasteiger charge is 2.15. The number of hydrogen-bond acceptors (Lipinski definition) is 1. The summed E-state index contributed by atoms with van der Waals surface area (Å²) in [5.74, 6) is 0. The lowest BCUT2D eigenvalue weighted by Gasteiger charge is -2.07. The summed E-state index contributed by atoms with van der Waals surface area (Å²) in [4.78, 5) is 8.59. The van der Waals surface area contributed by atoms with E-state index in [4.69, 9.17) is 4.98 Å². The lowest BCUT2D eigenvalue weighted by atomic mass is 10.0. The fourth-order valence-corrected chi connectivity index (χ4v) is 3.79. The Labute approximate surface area is 147 Å². The van der Waals surface area contributed by atoms with Crippen molar-refractivity contribution >= 4 is 48.6 Å². The molecule has 0 bridgehead atoms. The van der Waals surface area contributed by atoms with Crippen molar-refractivity contribution in [2.24, 2.45) is 0 Å². The summed E-state index contributed by atoms with van der Waals surface area (Å²) in [6.07, 6.45) is 0. The molecule has 0 fully saturated rings. The zero-order valence-electron chi connectivity index (χ0n) is 12.8. The number of aromatic amines is 1. The molecule has 1 N–H and O–H groups in total. The van der Waals surface area contributed by atoms with Gasteiger partial charge in [0.1, 0.15) is 0 Å². The number of H-pyrrole nitrogens is 1. The van der Waals surface area contributed by atoms with Crippen molar-refractivity contribution in [2.75, 3.05) is 0 Å². The average molecular weight is 373 g/mol. The molecule has 0 atom stereocenters. The number of rotatable bonds is 1. The van der Waals surface area contributed by atoms with Crippen LogP contribution in [0, 0.1) is 0 Å². The van der Waals surface area contributed by atoms with E-state index in [0.29, 0.717) is 0 Å². The Morgan fingerprint density at radius 1 is 0.792 bits per heavy atom. The minimum absolute atomic E-state index is 1.01. The van der Waals surface area contributed by atoms with Gasteiger partial charge in [0, 0.05) is 31.7 Å². The van der Waals surface area contributed by atoms with E-state index in [1.807, 2.05) is 12.1 Å². The predicted octanol–water partition coefficient (Wildman–Crippen LogP) is 6.30. The monoisotopic (exact) mass is 372 g/mol. The molecule has 3 heteroatoms. The fraction of sp³-hybridized carbons (Fsp3) is 0. The van der Waals surface area contributed by atoms with Gasteiger partial charge in [-0.3, -0.25) is 0 Å². The molecule has 0 amide bonds. The standard InChI is InChI=1S/C21H13BrN2/c22-14-7-5-6-13(12-14)20-19-15-8-1-3-10-17(15)24-21(19)16-9-2-4-11-18(16)23-20/h1-12,24H. The van der Waals surface area contributed by atoms with Crippen LogP contribution >= 0.6 is 15.9 Å². The summed E-state index contributed by atoms with van der Waals surface area (Å²) < 4.78 is 1.06. The molecule has 0 aliphatic carbocycles. The van der Waals surface area contributed by atoms with E-state index < -0.39 is 0 Å². The van der Waals surface area contributed by atoms with E-state index in [2.05, 4.69) is 81.6 Å². The number of para-hydroxylation sites is 2. The normalized spacial score (nSPS) is 11.5. The predicted molar refractivity (Wildman–Crippen MR) is 104 cm³/mol. The second kappa shape index (κ2) is 5.18. The summed E-state index contributed by atoms with van der Waals surface area (Å²) in [5.41, 5.74) is 5.43. The molecule has 114 valence electrons. The van der Waals surface area contributed by atoms with E-state index >= 15 is 0 Å². The molecule has 0 aliphatic heterocycles. The Bertz CT molecular complexity index is 1220. The Morgan fingerprint density at radius 2 is 1.58 bits per heavy atom. The molecular weight excluding hydrogens is 360 g/mol. The Kier molecular flexibility index (Phi) is 2.97. The van der Waals surface area contributed by atoms with Gasteiger partial charge in [-0.05, 0) is 24.3 Å². The fourth-order valence-electron chi connectivity index (χ4n) is 3.39. The molecule has 2 heterocycles. The van der Waals surface area contributed by atoms with Gasteiger partial charge in [0.25, 0.3) is 0 Å². The van der Waals surface area contributed by atoms with Gasteiger partial charge in [-0.15, -0.1) is 0 Å². The summed E-state index contributed by atoms with van der Waals surface area (Å²) in [6.45, 7) is 0. The van der Waals surface area contributed by atoms with Crippen LogP contribution in [-0.2, 0) is 0 Å². The molecule has 0 unspecified atom stereocenters. The Morgan fingerprint density at radius 3 is 2.46 bits per heavy atom. The molecule has 0 aliphatic rings. The highest BCUT2D eigenvalue weighted by atomic mass is 79.9. The number of aromatic nitrogens is 2. The van der Waals surface area contributed by atoms with Gasteiger partial charge in [0.05, 0.1) is 16.7 Å². The number of fused-ring (bicyclic) bond motifs is 5. The van der Waals surface area contributed by atoms with E-state index in [0.717, 1.165) is 37.7 Å². The molecule has 2 aromatic heterocycles. The van der Waals surface area contributed by atoms with E-state index in [-0.39, 0.29) is 0 Å². The van der Waals surface area contributed by atoms with Crippen LogP contribution in [0.5, 0.6) is 0 Å². The van der Waals surface area contributed by atoms with Gasteiger partial charge in [0.2, 0.25) is 0 Å². The van der Waals surface area contributed by atoms with Crippen LogP contribution in [0.2, 0.25) is 0 Å². The maximum atomic E-state index is 5.00. The van der Waals surface area contributed by atoms with Crippen molar-refractivity contribution in [3.8, 4) is 11.3 Å². The quantitative estimate of drug-likeness (QED) is 0.367. The van der Waals surface area contributed by atoms with Crippen molar-refractivity contribution in [1.29, 1.82) is 0 Å². The summed E-state index contributed by atoms with van der Waals surface area (Å²) in [7, 11) is 0. The van der Waals surface area contributed by atoms with Gasteiger partial charge >= 0.3 is 0 Å². The smallest absolute Gasteiger partial charge is 0.0810 e. The highest BCUT2D eigenvalue weighted by molar-refractivity contribution is 9.10. The third kappa shape index (κ3) is 1.98. The van der Waals surface area contributed by atoms with Gasteiger partial charge in [-0.1, -0.05) is 64.5 Å².